The average Bonchev–Trinajstić information content (AvgIpc) is 2.19. The largest absolute Gasteiger partial charge is 0.478 e. The van der Waals surface area contributed by atoms with Crippen molar-refractivity contribution in [2.24, 2.45) is 5.73 Å². The number of primary amides is 1. The van der Waals surface area contributed by atoms with E-state index in [1.807, 2.05) is 0 Å². The van der Waals surface area contributed by atoms with Crippen LogP contribution in [-0.4, -0.2) is 17.0 Å². The highest BCUT2D eigenvalue weighted by atomic mass is 16.4. The molecule has 4 nitrogen and oxygen atoms in total. The van der Waals surface area contributed by atoms with E-state index in [9.17, 15) is 9.59 Å². The van der Waals surface area contributed by atoms with Crippen LogP contribution in [-0.2, 0) is 4.79 Å². The molecule has 0 aromatic heterocycles. The smallest absolute Gasteiger partial charge is 0.335 e. The molecule has 1 amide bonds. The summed E-state index contributed by atoms with van der Waals surface area (Å²) in [6.45, 7) is 1.76. The van der Waals surface area contributed by atoms with Crippen molar-refractivity contribution in [3.8, 4) is 11.8 Å². The number of carbonyl (C=O) groups is 2. The minimum Gasteiger partial charge on any atom is -0.478 e. The summed E-state index contributed by atoms with van der Waals surface area (Å²) in [5, 5.41) is 8.75. The molecule has 0 fully saturated rings. The lowest BCUT2D eigenvalue weighted by molar-refractivity contribution is -0.117. The summed E-state index contributed by atoms with van der Waals surface area (Å²) in [4.78, 5) is 21.1. The summed E-state index contributed by atoms with van der Waals surface area (Å²) < 4.78 is 0. The first-order chi connectivity index (χ1) is 7.50. The molecule has 0 aliphatic heterocycles. The van der Waals surface area contributed by atoms with E-state index in [1.165, 1.54) is 12.1 Å². The Hall–Kier alpha value is -2.28. The Balaban J connectivity index is 2.94. The minimum atomic E-state index is -0.972. The van der Waals surface area contributed by atoms with Crippen molar-refractivity contribution in [3.63, 3.8) is 0 Å². The number of aromatic carboxylic acids is 1. The van der Waals surface area contributed by atoms with E-state index in [2.05, 4.69) is 11.8 Å². The van der Waals surface area contributed by atoms with Crippen LogP contribution in [0.1, 0.15) is 27.9 Å². The molecule has 0 aliphatic rings. The second-order valence-electron chi connectivity index (χ2n) is 3.28. The number of carboxylic acid groups (broad SMARTS) is 1. The fourth-order valence-corrected chi connectivity index (χ4v) is 1.16. The molecule has 1 rings (SSSR count). The molecule has 82 valence electrons. The van der Waals surface area contributed by atoms with Gasteiger partial charge in [-0.05, 0) is 30.7 Å². The third-order valence-corrected chi connectivity index (χ3v) is 1.96. The van der Waals surface area contributed by atoms with Gasteiger partial charge in [0, 0.05) is 5.56 Å². The van der Waals surface area contributed by atoms with E-state index in [1.54, 1.807) is 13.0 Å². The molecule has 0 aliphatic carbocycles. The maximum atomic E-state index is 10.7. The highest BCUT2D eigenvalue weighted by Gasteiger charge is 2.03. The number of hydrogen-bond donors (Lipinski definition) is 2. The summed E-state index contributed by atoms with van der Waals surface area (Å²) in [7, 11) is 0. The Bertz CT molecular complexity index is 495. The average molecular weight is 217 g/mol. The van der Waals surface area contributed by atoms with Crippen LogP contribution < -0.4 is 5.73 Å². The van der Waals surface area contributed by atoms with Crippen LogP contribution in [0.5, 0.6) is 0 Å². The molecule has 0 spiro atoms. The summed E-state index contributed by atoms with van der Waals surface area (Å²) in [5.74, 6) is 3.93. The lowest BCUT2D eigenvalue weighted by atomic mass is 10.1. The van der Waals surface area contributed by atoms with Gasteiger partial charge < -0.3 is 10.8 Å². The van der Waals surface area contributed by atoms with Crippen molar-refractivity contribution in [3.05, 3.63) is 34.9 Å². The predicted octanol–water partition coefficient (Wildman–Crippen LogP) is 0.920. The topological polar surface area (TPSA) is 80.4 Å². The van der Waals surface area contributed by atoms with Crippen LogP contribution in [0.4, 0.5) is 0 Å². The van der Waals surface area contributed by atoms with Gasteiger partial charge in [-0.25, -0.2) is 4.79 Å². The summed E-state index contributed by atoms with van der Waals surface area (Å²) >= 11 is 0. The molecule has 0 saturated heterocycles. The molecule has 0 atom stereocenters. The Labute approximate surface area is 93.1 Å². The summed E-state index contributed by atoms with van der Waals surface area (Å²) in [6.07, 6.45) is 0.000121. The molecule has 1 aromatic rings. The van der Waals surface area contributed by atoms with E-state index in [0.717, 1.165) is 5.56 Å². The Morgan fingerprint density at radius 2 is 2.12 bits per heavy atom. The number of hydrogen-bond acceptors (Lipinski definition) is 2. The summed E-state index contributed by atoms with van der Waals surface area (Å²) in [6, 6.07) is 4.63. The van der Waals surface area contributed by atoms with Gasteiger partial charge in [0.1, 0.15) is 0 Å². The fourth-order valence-electron chi connectivity index (χ4n) is 1.16. The van der Waals surface area contributed by atoms with Gasteiger partial charge in [0.25, 0.3) is 0 Å². The van der Waals surface area contributed by atoms with Crippen molar-refractivity contribution < 1.29 is 14.7 Å². The highest BCUT2D eigenvalue weighted by Crippen LogP contribution is 2.10. The fraction of sp³-hybridized carbons (Fsp3) is 0.167. The third kappa shape index (κ3) is 3.14. The Kier molecular flexibility index (Phi) is 3.67. The van der Waals surface area contributed by atoms with Gasteiger partial charge in [-0.15, -0.1) is 0 Å². The van der Waals surface area contributed by atoms with Gasteiger partial charge >= 0.3 is 5.97 Å². The second-order valence-corrected chi connectivity index (χ2v) is 3.28. The van der Waals surface area contributed by atoms with Gasteiger partial charge in [0.15, 0.2) is 0 Å². The molecule has 1 aromatic carbocycles. The van der Waals surface area contributed by atoms with Crippen molar-refractivity contribution in [1.82, 2.24) is 0 Å². The van der Waals surface area contributed by atoms with Crippen molar-refractivity contribution in [1.29, 1.82) is 0 Å². The highest BCUT2D eigenvalue weighted by molar-refractivity contribution is 5.88. The van der Waals surface area contributed by atoms with E-state index >= 15 is 0 Å². The summed E-state index contributed by atoms with van der Waals surface area (Å²) in [5.41, 5.74) is 6.62. The maximum Gasteiger partial charge on any atom is 0.335 e. The Morgan fingerprint density at radius 3 is 2.62 bits per heavy atom. The van der Waals surface area contributed by atoms with Gasteiger partial charge in [-0.3, -0.25) is 4.79 Å². The SMILES string of the molecule is Cc1cc(C(=O)O)ccc1C#CCC(N)=O. The lowest BCUT2D eigenvalue weighted by Gasteiger charge is -1.99. The molecular formula is C12H11NO3. The zero-order valence-corrected chi connectivity index (χ0v) is 8.78. The van der Waals surface area contributed by atoms with Gasteiger partial charge in [0.2, 0.25) is 5.91 Å². The van der Waals surface area contributed by atoms with Crippen LogP contribution >= 0.6 is 0 Å². The zero-order chi connectivity index (χ0) is 12.1. The molecule has 3 N–H and O–H groups in total. The molecule has 4 heteroatoms. The number of carbonyl (C=O) groups excluding carboxylic acids is 1. The number of rotatable bonds is 2. The monoisotopic (exact) mass is 217 g/mol. The molecule has 0 radical (unpaired) electrons. The molecule has 0 saturated carbocycles. The van der Waals surface area contributed by atoms with Crippen LogP contribution in [0.15, 0.2) is 18.2 Å². The normalized spacial score (nSPS) is 9.06. The van der Waals surface area contributed by atoms with Crippen LogP contribution in [0, 0.1) is 18.8 Å². The lowest BCUT2D eigenvalue weighted by Crippen LogP contribution is -2.08. The van der Waals surface area contributed by atoms with Crippen molar-refractivity contribution in [2.75, 3.05) is 0 Å². The quantitative estimate of drug-likeness (QED) is 0.723. The van der Waals surface area contributed by atoms with Gasteiger partial charge in [-0.1, -0.05) is 11.8 Å². The molecule has 0 unspecified atom stereocenters. The van der Waals surface area contributed by atoms with E-state index in [-0.39, 0.29) is 12.0 Å². The van der Waals surface area contributed by atoms with E-state index in [4.69, 9.17) is 10.8 Å². The first kappa shape index (κ1) is 11.8. The van der Waals surface area contributed by atoms with Crippen LogP contribution in [0.3, 0.4) is 0 Å². The van der Waals surface area contributed by atoms with E-state index < -0.39 is 11.9 Å². The number of amides is 1. The molecule has 16 heavy (non-hydrogen) atoms. The maximum absolute atomic E-state index is 10.7. The van der Waals surface area contributed by atoms with Crippen LogP contribution in [0.25, 0.3) is 0 Å². The second kappa shape index (κ2) is 4.99. The van der Waals surface area contributed by atoms with Gasteiger partial charge in [0.05, 0.1) is 12.0 Å². The van der Waals surface area contributed by atoms with Crippen molar-refractivity contribution in [2.45, 2.75) is 13.3 Å². The minimum absolute atomic E-state index is 0.000121. The molecule has 0 heterocycles. The number of carboxylic acids is 1. The number of benzene rings is 1. The predicted molar refractivity (Wildman–Crippen MR) is 58.8 cm³/mol. The number of aryl methyl sites for hydroxylation is 1. The first-order valence-electron chi connectivity index (χ1n) is 4.62. The number of nitrogens with two attached hydrogens (primary N) is 1. The third-order valence-electron chi connectivity index (χ3n) is 1.96. The van der Waals surface area contributed by atoms with Gasteiger partial charge in [-0.2, -0.15) is 0 Å². The molecule has 0 bridgehead atoms. The van der Waals surface area contributed by atoms with Crippen molar-refractivity contribution >= 4 is 11.9 Å². The zero-order valence-electron chi connectivity index (χ0n) is 8.78. The molecular weight excluding hydrogens is 206 g/mol. The van der Waals surface area contributed by atoms with E-state index in [0.29, 0.717) is 5.56 Å². The Morgan fingerprint density at radius 1 is 1.44 bits per heavy atom. The van der Waals surface area contributed by atoms with Crippen LogP contribution in [0.2, 0.25) is 0 Å². The first-order valence-corrected chi connectivity index (χ1v) is 4.62. The standard InChI is InChI=1S/C12H11NO3/c1-8-7-10(12(15)16)6-5-9(8)3-2-4-11(13)14/h5-7H,4H2,1H3,(H2,13,14)(H,15,16).